The van der Waals surface area contributed by atoms with Crippen molar-refractivity contribution >= 4 is 15.8 Å². The summed E-state index contributed by atoms with van der Waals surface area (Å²) in [6.07, 6.45) is 3.81. The van der Waals surface area contributed by atoms with Gasteiger partial charge in [0.15, 0.2) is 0 Å². The van der Waals surface area contributed by atoms with Crippen molar-refractivity contribution in [1.29, 1.82) is 0 Å². The number of pyridine rings is 2. The minimum atomic E-state index is -3.64. The Morgan fingerprint density at radius 3 is 2.76 bits per heavy atom. The molecule has 2 aromatic heterocycles. The van der Waals surface area contributed by atoms with Gasteiger partial charge in [-0.3, -0.25) is 4.98 Å². The molecule has 0 saturated heterocycles. The molecule has 0 saturated carbocycles. The number of anilines is 1. The van der Waals surface area contributed by atoms with E-state index in [4.69, 9.17) is 5.84 Å². The highest BCUT2D eigenvalue weighted by molar-refractivity contribution is 7.89. The highest BCUT2D eigenvalue weighted by atomic mass is 32.2. The molecule has 0 aromatic carbocycles. The molecule has 0 atom stereocenters. The number of hydrogen-bond acceptors (Lipinski definition) is 6. The topological polar surface area (TPSA) is 110 Å². The maximum absolute atomic E-state index is 12.2. The van der Waals surface area contributed by atoms with Gasteiger partial charge in [0.05, 0.1) is 17.1 Å². The number of hydrazine groups is 1. The van der Waals surface area contributed by atoms with E-state index in [1.807, 2.05) is 19.1 Å². The SMILES string of the molecule is CCc1cccnc1CNS(=O)(=O)c1ccnc(NN)c1. The molecule has 0 spiro atoms. The number of aryl methyl sites for hydroxylation is 1. The first-order chi connectivity index (χ1) is 10.1. The molecule has 7 nitrogen and oxygen atoms in total. The van der Waals surface area contributed by atoms with Gasteiger partial charge in [-0.05, 0) is 24.1 Å². The van der Waals surface area contributed by atoms with Crippen LogP contribution in [0.1, 0.15) is 18.2 Å². The molecule has 0 fully saturated rings. The number of nitrogen functional groups attached to an aromatic ring is 1. The Morgan fingerprint density at radius 1 is 1.24 bits per heavy atom. The van der Waals surface area contributed by atoms with Crippen LogP contribution < -0.4 is 16.0 Å². The van der Waals surface area contributed by atoms with Gasteiger partial charge in [-0.25, -0.2) is 24.0 Å². The number of sulfonamides is 1. The van der Waals surface area contributed by atoms with Crippen molar-refractivity contribution in [3.05, 3.63) is 47.9 Å². The smallest absolute Gasteiger partial charge is 0.241 e. The summed E-state index contributed by atoms with van der Waals surface area (Å²) in [5, 5.41) is 0. The fourth-order valence-electron chi connectivity index (χ4n) is 1.86. The van der Waals surface area contributed by atoms with Gasteiger partial charge in [0, 0.05) is 18.5 Å². The van der Waals surface area contributed by atoms with Crippen LogP contribution in [0.25, 0.3) is 0 Å². The maximum atomic E-state index is 12.2. The molecule has 0 unspecified atom stereocenters. The molecular formula is C13H17N5O2S. The van der Waals surface area contributed by atoms with Crippen LogP contribution in [0.5, 0.6) is 0 Å². The Labute approximate surface area is 123 Å². The fraction of sp³-hybridized carbons (Fsp3) is 0.231. The van der Waals surface area contributed by atoms with Crippen molar-refractivity contribution in [3.63, 3.8) is 0 Å². The molecule has 0 amide bonds. The van der Waals surface area contributed by atoms with Crippen LogP contribution in [0.3, 0.4) is 0 Å². The lowest BCUT2D eigenvalue weighted by molar-refractivity contribution is 0.580. The average molecular weight is 307 g/mol. The summed E-state index contributed by atoms with van der Waals surface area (Å²) >= 11 is 0. The minimum Gasteiger partial charge on any atom is -0.308 e. The second-order valence-electron chi connectivity index (χ2n) is 4.31. The Hall–Kier alpha value is -2.03. The Kier molecular flexibility index (Phi) is 4.84. The standard InChI is InChI=1S/C13H17N5O2S/c1-2-10-4-3-6-15-12(10)9-17-21(19,20)11-5-7-16-13(8-11)18-14/h3-8,17H,2,9,14H2,1H3,(H,16,18). The normalized spacial score (nSPS) is 11.3. The summed E-state index contributed by atoms with van der Waals surface area (Å²) in [7, 11) is -3.64. The minimum absolute atomic E-state index is 0.0967. The van der Waals surface area contributed by atoms with Crippen molar-refractivity contribution in [2.24, 2.45) is 5.84 Å². The Bertz CT molecular complexity index is 718. The van der Waals surface area contributed by atoms with Crippen LogP contribution in [0.2, 0.25) is 0 Å². The van der Waals surface area contributed by atoms with Gasteiger partial charge in [0.1, 0.15) is 5.82 Å². The third-order valence-electron chi connectivity index (χ3n) is 2.98. The van der Waals surface area contributed by atoms with Crippen molar-refractivity contribution in [3.8, 4) is 0 Å². The lowest BCUT2D eigenvalue weighted by Crippen LogP contribution is -2.24. The maximum Gasteiger partial charge on any atom is 0.241 e. The van der Waals surface area contributed by atoms with Gasteiger partial charge in [0.25, 0.3) is 0 Å². The quantitative estimate of drug-likeness (QED) is 0.538. The second kappa shape index (κ2) is 6.61. The summed E-state index contributed by atoms with van der Waals surface area (Å²) < 4.78 is 27.0. The van der Waals surface area contributed by atoms with Crippen molar-refractivity contribution in [2.45, 2.75) is 24.8 Å². The summed E-state index contributed by atoms with van der Waals surface area (Å²) in [6, 6.07) is 6.53. The second-order valence-corrected chi connectivity index (χ2v) is 6.08. The van der Waals surface area contributed by atoms with E-state index in [0.717, 1.165) is 17.7 Å². The summed E-state index contributed by atoms with van der Waals surface area (Å²) in [6.45, 7) is 2.14. The highest BCUT2D eigenvalue weighted by Gasteiger charge is 2.15. The van der Waals surface area contributed by atoms with Crippen LogP contribution in [-0.2, 0) is 23.0 Å². The molecular weight excluding hydrogens is 290 g/mol. The zero-order valence-electron chi connectivity index (χ0n) is 11.6. The monoisotopic (exact) mass is 307 g/mol. The molecule has 0 radical (unpaired) electrons. The van der Waals surface area contributed by atoms with Crippen molar-refractivity contribution in [1.82, 2.24) is 14.7 Å². The molecule has 2 aromatic rings. The van der Waals surface area contributed by atoms with Gasteiger partial charge < -0.3 is 5.43 Å². The van der Waals surface area contributed by atoms with Crippen LogP contribution in [0.4, 0.5) is 5.82 Å². The largest absolute Gasteiger partial charge is 0.308 e. The molecule has 112 valence electrons. The molecule has 2 heterocycles. The summed E-state index contributed by atoms with van der Waals surface area (Å²) in [5.74, 6) is 5.51. The molecule has 21 heavy (non-hydrogen) atoms. The van der Waals surface area contributed by atoms with Crippen LogP contribution in [0.15, 0.2) is 41.6 Å². The average Bonchev–Trinajstić information content (AvgIpc) is 2.53. The number of rotatable bonds is 6. The van der Waals surface area contributed by atoms with Crippen molar-refractivity contribution < 1.29 is 8.42 Å². The predicted molar refractivity (Wildman–Crippen MR) is 79.7 cm³/mol. The van der Waals surface area contributed by atoms with E-state index < -0.39 is 10.0 Å². The van der Waals surface area contributed by atoms with E-state index in [9.17, 15) is 8.42 Å². The highest BCUT2D eigenvalue weighted by Crippen LogP contribution is 2.13. The lowest BCUT2D eigenvalue weighted by Gasteiger charge is -2.09. The molecule has 4 N–H and O–H groups in total. The number of nitrogens with one attached hydrogen (secondary N) is 2. The number of hydrogen-bond donors (Lipinski definition) is 3. The molecule has 0 aliphatic heterocycles. The first kappa shape index (κ1) is 15.4. The van der Waals surface area contributed by atoms with E-state index >= 15 is 0 Å². The third kappa shape index (κ3) is 3.75. The van der Waals surface area contributed by atoms with Crippen LogP contribution in [0, 0.1) is 0 Å². The van der Waals surface area contributed by atoms with E-state index in [-0.39, 0.29) is 17.3 Å². The number of aromatic nitrogens is 2. The van der Waals surface area contributed by atoms with Gasteiger partial charge >= 0.3 is 0 Å². The van der Waals surface area contributed by atoms with E-state index in [1.165, 1.54) is 18.3 Å². The number of nitrogens with two attached hydrogens (primary N) is 1. The predicted octanol–water partition coefficient (Wildman–Crippen LogP) is 0.803. The molecule has 0 bridgehead atoms. The number of nitrogens with zero attached hydrogens (tertiary/aromatic N) is 2. The zero-order chi connectivity index (χ0) is 15.3. The molecule has 2 rings (SSSR count). The third-order valence-corrected chi connectivity index (χ3v) is 4.38. The van der Waals surface area contributed by atoms with Gasteiger partial charge in [-0.15, -0.1) is 0 Å². The first-order valence-electron chi connectivity index (χ1n) is 6.42. The zero-order valence-corrected chi connectivity index (χ0v) is 12.4. The lowest BCUT2D eigenvalue weighted by atomic mass is 10.1. The van der Waals surface area contributed by atoms with Crippen LogP contribution in [-0.4, -0.2) is 18.4 Å². The molecule has 0 aliphatic carbocycles. The fourth-order valence-corrected chi connectivity index (χ4v) is 2.86. The van der Waals surface area contributed by atoms with E-state index in [0.29, 0.717) is 0 Å². The van der Waals surface area contributed by atoms with E-state index in [1.54, 1.807) is 6.20 Å². The van der Waals surface area contributed by atoms with E-state index in [2.05, 4.69) is 20.1 Å². The first-order valence-corrected chi connectivity index (χ1v) is 7.90. The Morgan fingerprint density at radius 2 is 2.05 bits per heavy atom. The van der Waals surface area contributed by atoms with Gasteiger partial charge in [-0.2, -0.15) is 0 Å². The summed E-state index contributed by atoms with van der Waals surface area (Å²) in [4.78, 5) is 8.18. The van der Waals surface area contributed by atoms with Crippen LogP contribution >= 0.6 is 0 Å². The molecule has 0 aliphatic rings. The van der Waals surface area contributed by atoms with Gasteiger partial charge in [-0.1, -0.05) is 13.0 Å². The summed E-state index contributed by atoms with van der Waals surface area (Å²) in [5.41, 5.74) is 4.05. The Balaban J connectivity index is 2.18. The van der Waals surface area contributed by atoms with Gasteiger partial charge in [0.2, 0.25) is 10.0 Å². The van der Waals surface area contributed by atoms with Crippen molar-refractivity contribution in [2.75, 3.05) is 5.43 Å². The molecule has 8 heteroatoms.